The van der Waals surface area contributed by atoms with Crippen LogP contribution in [0.25, 0.3) is 0 Å². The van der Waals surface area contributed by atoms with Crippen LogP contribution in [0.5, 0.6) is 5.75 Å². The molecule has 2 amide bonds. The number of carbonyl (C=O) groups is 2. The first kappa shape index (κ1) is 20.3. The van der Waals surface area contributed by atoms with Crippen molar-refractivity contribution in [1.82, 2.24) is 5.32 Å². The molecule has 6 heteroatoms. The third kappa shape index (κ3) is 7.01. The lowest BCUT2D eigenvalue weighted by Gasteiger charge is -2.10. The van der Waals surface area contributed by atoms with Crippen molar-refractivity contribution < 1.29 is 14.3 Å². The summed E-state index contributed by atoms with van der Waals surface area (Å²) in [6.07, 6.45) is 1.83. The number of hydrogen-bond donors (Lipinski definition) is 3. The minimum Gasteiger partial charge on any atom is -0.494 e. The quantitative estimate of drug-likeness (QED) is 0.597. The Bertz CT molecular complexity index is 745. The van der Waals surface area contributed by atoms with Crippen LogP contribution in [0.3, 0.4) is 0 Å². The fourth-order valence-corrected chi connectivity index (χ4v) is 2.35. The molecule has 2 rings (SSSR count). The zero-order valence-corrected chi connectivity index (χ0v) is 15.9. The second-order valence-electron chi connectivity index (χ2n) is 6.11. The van der Waals surface area contributed by atoms with Crippen LogP contribution in [-0.4, -0.2) is 31.5 Å². The van der Waals surface area contributed by atoms with Gasteiger partial charge in [-0.1, -0.05) is 19.9 Å². The van der Waals surface area contributed by atoms with Gasteiger partial charge in [-0.15, -0.1) is 0 Å². The average Bonchev–Trinajstić information content (AvgIpc) is 2.70. The number of amides is 2. The molecule has 0 radical (unpaired) electrons. The minimum absolute atomic E-state index is 0.110. The van der Waals surface area contributed by atoms with Gasteiger partial charge in [-0.25, -0.2) is 0 Å². The van der Waals surface area contributed by atoms with Crippen molar-refractivity contribution in [3.05, 3.63) is 54.1 Å². The SMILES string of the molecule is CCCNC(=O)c1ccc(NC(=O)CNc2cccc(OCCC)c2)cc1. The molecule has 0 fully saturated rings. The van der Waals surface area contributed by atoms with Crippen LogP contribution in [0.15, 0.2) is 48.5 Å². The lowest BCUT2D eigenvalue weighted by molar-refractivity contribution is -0.114. The van der Waals surface area contributed by atoms with Crippen LogP contribution in [0.1, 0.15) is 37.0 Å². The molecule has 2 aromatic rings. The van der Waals surface area contributed by atoms with Crippen molar-refractivity contribution in [1.29, 1.82) is 0 Å². The smallest absolute Gasteiger partial charge is 0.251 e. The predicted octanol–water partition coefficient (Wildman–Crippen LogP) is 3.67. The Morgan fingerprint density at radius 2 is 1.74 bits per heavy atom. The normalized spacial score (nSPS) is 10.1. The minimum atomic E-state index is -0.168. The first-order valence-electron chi connectivity index (χ1n) is 9.27. The molecule has 0 atom stereocenters. The predicted molar refractivity (Wildman–Crippen MR) is 108 cm³/mol. The van der Waals surface area contributed by atoms with Gasteiger partial charge in [-0.3, -0.25) is 9.59 Å². The molecule has 0 saturated heterocycles. The molecule has 0 aliphatic heterocycles. The van der Waals surface area contributed by atoms with Gasteiger partial charge in [0.15, 0.2) is 0 Å². The fraction of sp³-hybridized carbons (Fsp3) is 0.333. The maximum absolute atomic E-state index is 12.1. The van der Waals surface area contributed by atoms with E-state index in [2.05, 4.69) is 22.9 Å². The van der Waals surface area contributed by atoms with Crippen molar-refractivity contribution in [3.8, 4) is 5.75 Å². The Labute approximate surface area is 160 Å². The third-order valence-electron chi connectivity index (χ3n) is 3.73. The first-order chi connectivity index (χ1) is 13.1. The summed E-state index contributed by atoms with van der Waals surface area (Å²) in [5.74, 6) is 0.499. The van der Waals surface area contributed by atoms with Crippen LogP contribution in [0, 0.1) is 0 Å². The van der Waals surface area contributed by atoms with E-state index in [4.69, 9.17) is 4.74 Å². The van der Waals surface area contributed by atoms with E-state index in [-0.39, 0.29) is 18.4 Å². The first-order valence-corrected chi connectivity index (χ1v) is 9.27. The van der Waals surface area contributed by atoms with Crippen molar-refractivity contribution in [3.63, 3.8) is 0 Å². The molecule has 0 aliphatic rings. The lowest BCUT2D eigenvalue weighted by atomic mass is 10.2. The number of hydrogen-bond acceptors (Lipinski definition) is 4. The molecule has 0 saturated carbocycles. The summed E-state index contributed by atoms with van der Waals surface area (Å²) in [6, 6.07) is 14.4. The number of anilines is 2. The molecule has 6 nitrogen and oxygen atoms in total. The Morgan fingerprint density at radius 3 is 2.44 bits per heavy atom. The topological polar surface area (TPSA) is 79.5 Å². The van der Waals surface area contributed by atoms with Crippen molar-refractivity contribution in [2.24, 2.45) is 0 Å². The van der Waals surface area contributed by atoms with Crippen molar-refractivity contribution >= 4 is 23.2 Å². The van der Waals surface area contributed by atoms with Crippen LogP contribution in [0.2, 0.25) is 0 Å². The van der Waals surface area contributed by atoms with Crippen molar-refractivity contribution in [2.75, 3.05) is 30.3 Å². The van der Waals surface area contributed by atoms with Crippen LogP contribution < -0.4 is 20.7 Å². The van der Waals surface area contributed by atoms with E-state index in [1.807, 2.05) is 31.2 Å². The highest BCUT2D eigenvalue weighted by molar-refractivity contribution is 5.96. The van der Waals surface area contributed by atoms with E-state index >= 15 is 0 Å². The van der Waals surface area contributed by atoms with Crippen molar-refractivity contribution in [2.45, 2.75) is 26.7 Å². The summed E-state index contributed by atoms with van der Waals surface area (Å²) < 4.78 is 5.58. The van der Waals surface area contributed by atoms with Gasteiger partial charge in [-0.05, 0) is 49.2 Å². The van der Waals surface area contributed by atoms with Gasteiger partial charge in [0.05, 0.1) is 13.2 Å². The molecule has 3 N–H and O–H groups in total. The highest BCUT2D eigenvalue weighted by Gasteiger charge is 2.06. The zero-order valence-electron chi connectivity index (χ0n) is 15.9. The van der Waals surface area contributed by atoms with Gasteiger partial charge in [0, 0.05) is 29.5 Å². The van der Waals surface area contributed by atoms with Crippen LogP contribution >= 0.6 is 0 Å². The van der Waals surface area contributed by atoms with Gasteiger partial charge in [0.25, 0.3) is 5.91 Å². The Hall–Kier alpha value is -3.02. The van der Waals surface area contributed by atoms with Gasteiger partial charge in [0.1, 0.15) is 5.75 Å². The third-order valence-corrected chi connectivity index (χ3v) is 3.73. The van der Waals surface area contributed by atoms with Gasteiger partial charge in [0.2, 0.25) is 5.91 Å². The Balaban J connectivity index is 1.82. The molecule has 0 aliphatic carbocycles. The number of carbonyl (C=O) groups excluding carboxylic acids is 2. The van der Waals surface area contributed by atoms with E-state index < -0.39 is 0 Å². The Kier molecular flexibility index (Phi) is 8.16. The second-order valence-corrected chi connectivity index (χ2v) is 6.11. The summed E-state index contributed by atoms with van der Waals surface area (Å²) in [4.78, 5) is 24.0. The number of rotatable bonds is 10. The molecular weight excluding hydrogens is 342 g/mol. The standard InChI is InChI=1S/C21H27N3O3/c1-3-12-22-21(26)16-8-10-17(11-9-16)24-20(25)15-23-18-6-5-7-19(14-18)27-13-4-2/h5-11,14,23H,3-4,12-13,15H2,1-2H3,(H,22,26)(H,24,25). The molecule has 2 aromatic carbocycles. The Morgan fingerprint density at radius 1 is 0.963 bits per heavy atom. The fourth-order valence-electron chi connectivity index (χ4n) is 2.35. The molecule has 0 spiro atoms. The van der Waals surface area contributed by atoms with E-state index in [0.717, 1.165) is 24.3 Å². The molecular formula is C21H27N3O3. The maximum Gasteiger partial charge on any atom is 0.251 e. The van der Waals surface area contributed by atoms with Gasteiger partial charge in [-0.2, -0.15) is 0 Å². The molecule has 27 heavy (non-hydrogen) atoms. The molecule has 0 heterocycles. The summed E-state index contributed by atoms with van der Waals surface area (Å²) in [5, 5.41) is 8.70. The van der Waals surface area contributed by atoms with E-state index in [1.165, 1.54) is 0 Å². The zero-order chi connectivity index (χ0) is 19.5. The molecule has 0 aromatic heterocycles. The van der Waals surface area contributed by atoms with Gasteiger partial charge >= 0.3 is 0 Å². The lowest BCUT2D eigenvalue weighted by Crippen LogP contribution is -2.24. The number of ether oxygens (including phenoxy) is 1. The van der Waals surface area contributed by atoms with Crippen LogP contribution in [0.4, 0.5) is 11.4 Å². The molecule has 0 bridgehead atoms. The second kappa shape index (κ2) is 10.9. The number of nitrogens with one attached hydrogen (secondary N) is 3. The molecule has 0 unspecified atom stereocenters. The van der Waals surface area contributed by atoms with Gasteiger partial charge < -0.3 is 20.7 Å². The average molecular weight is 369 g/mol. The maximum atomic E-state index is 12.1. The summed E-state index contributed by atoms with van der Waals surface area (Å²) in [5.41, 5.74) is 2.04. The van der Waals surface area contributed by atoms with E-state index in [0.29, 0.717) is 24.4 Å². The van der Waals surface area contributed by atoms with Crippen LogP contribution in [-0.2, 0) is 4.79 Å². The highest BCUT2D eigenvalue weighted by Crippen LogP contribution is 2.17. The summed E-state index contributed by atoms with van der Waals surface area (Å²) in [7, 11) is 0. The monoisotopic (exact) mass is 369 g/mol. The van der Waals surface area contributed by atoms with E-state index in [1.54, 1.807) is 24.3 Å². The largest absolute Gasteiger partial charge is 0.494 e. The van der Waals surface area contributed by atoms with E-state index in [9.17, 15) is 9.59 Å². The summed E-state index contributed by atoms with van der Waals surface area (Å²) in [6.45, 7) is 5.50. The highest BCUT2D eigenvalue weighted by atomic mass is 16.5. The number of benzene rings is 2. The molecule has 144 valence electrons. The summed E-state index contributed by atoms with van der Waals surface area (Å²) >= 11 is 0.